The summed E-state index contributed by atoms with van der Waals surface area (Å²) in [6.07, 6.45) is 2.91. The number of nitrogens with one attached hydrogen (secondary N) is 1. The van der Waals surface area contributed by atoms with E-state index < -0.39 is 0 Å². The first-order valence-electron chi connectivity index (χ1n) is 6.75. The first-order valence-corrected chi connectivity index (χ1v) is 6.75. The molecule has 20 heavy (non-hydrogen) atoms. The third-order valence-corrected chi connectivity index (χ3v) is 3.77. The molecule has 0 fully saturated rings. The van der Waals surface area contributed by atoms with Crippen LogP contribution in [-0.4, -0.2) is 10.5 Å². The number of carbonyl (C=O) groups excluding carboxylic acids is 1. The highest BCUT2D eigenvalue weighted by atomic mass is 16.2. The molecule has 1 aliphatic rings. The van der Waals surface area contributed by atoms with Gasteiger partial charge in [0, 0.05) is 18.4 Å². The van der Waals surface area contributed by atoms with Gasteiger partial charge in [-0.05, 0) is 43.0 Å². The van der Waals surface area contributed by atoms with Gasteiger partial charge in [0.1, 0.15) is 5.56 Å². The number of hydrogen-bond donors (Lipinski definition) is 1. The number of anilines is 1. The van der Waals surface area contributed by atoms with Crippen LogP contribution in [0.1, 0.15) is 28.0 Å². The summed E-state index contributed by atoms with van der Waals surface area (Å²) in [5.41, 5.74) is 2.87. The minimum atomic E-state index is -0.341. The lowest BCUT2D eigenvalue weighted by Gasteiger charge is -2.10. The largest absolute Gasteiger partial charge is 0.322 e. The van der Waals surface area contributed by atoms with Crippen LogP contribution in [0.5, 0.6) is 0 Å². The standard InChI is InChI=1S/C16H16N2O2/c1-18-14-9-5-6-11(14)10-13(16(18)20)15(19)17-12-7-3-2-4-8-12/h2-4,7-8,10H,5-6,9H2,1H3,(H,17,19). The highest BCUT2D eigenvalue weighted by Crippen LogP contribution is 2.20. The number of aromatic nitrogens is 1. The van der Waals surface area contributed by atoms with E-state index in [0.717, 1.165) is 30.5 Å². The van der Waals surface area contributed by atoms with Crippen molar-refractivity contribution >= 4 is 11.6 Å². The highest BCUT2D eigenvalue weighted by Gasteiger charge is 2.20. The summed E-state index contributed by atoms with van der Waals surface area (Å²) in [4.78, 5) is 24.5. The van der Waals surface area contributed by atoms with E-state index in [-0.39, 0.29) is 17.0 Å². The third kappa shape index (κ3) is 2.13. The zero-order valence-electron chi connectivity index (χ0n) is 11.3. The van der Waals surface area contributed by atoms with Crippen LogP contribution in [0, 0.1) is 0 Å². The van der Waals surface area contributed by atoms with Crippen LogP contribution in [0.25, 0.3) is 0 Å². The summed E-state index contributed by atoms with van der Waals surface area (Å²) in [6.45, 7) is 0. The molecule has 2 aromatic rings. The summed E-state index contributed by atoms with van der Waals surface area (Å²) in [6, 6.07) is 10.9. The number of fused-ring (bicyclic) bond motifs is 1. The second-order valence-electron chi connectivity index (χ2n) is 5.07. The molecule has 1 N–H and O–H groups in total. The van der Waals surface area contributed by atoms with E-state index in [1.807, 2.05) is 18.2 Å². The lowest BCUT2D eigenvalue weighted by molar-refractivity contribution is 0.102. The molecule has 3 rings (SSSR count). The number of aryl methyl sites for hydroxylation is 1. The molecule has 1 amide bonds. The molecule has 0 saturated heterocycles. The number of benzene rings is 1. The van der Waals surface area contributed by atoms with Crippen molar-refractivity contribution in [2.24, 2.45) is 7.05 Å². The molecule has 0 saturated carbocycles. The van der Waals surface area contributed by atoms with E-state index in [2.05, 4.69) is 5.32 Å². The fourth-order valence-electron chi connectivity index (χ4n) is 2.71. The molecule has 0 spiro atoms. The van der Waals surface area contributed by atoms with E-state index in [1.165, 1.54) is 0 Å². The van der Waals surface area contributed by atoms with E-state index in [1.54, 1.807) is 29.8 Å². The number of amides is 1. The Labute approximate surface area is 117 Å². The Balaban J connectivity index is 1.97. The van der Waals surface area contributed by atoms with Crippen molar-refractivity contribution < 1.29 is 4.79 Å². The van der Waals surface area contributed by atoms with Crippen LogP contribution < -0.4 is 10.9 Å². The monoisotopic (exact) mass is 268 g/mol. The van der Waals surface area contributed by atoms with E-state index in [0.29, 0.717) is 5.69 Å². The molecule has 0 unspecified atom stereocenters. The summed E-state index contributed by atoms with van der Waals surface area (Å²) in [7, 11) is 1.74. The Morgan fingerprint density at radius 1 is 1.20 bits per heavy atom. The van der Waals surface area contributed by atoms with Crippen LogP contribution in [0.4, 0.5) is 5.69 Å². The first-order chi connectivity index (χ1) is 9.66. The van der Waals surface area contributed by atoms with Gasteiger partial charge in [-0.2, -0.15) is 0 Å². The van der Waals surface area contributed by atoms with Gasteiger partial charge in [-0.15, -0.1) is 0 Å². The topological polar surface area (TPSA) is 51.1 Å². The molecule has 0 aliphatic heterocycles. The van der Waals surface area contributed by atoms with E-state index >= 15 is 0 Å². The molecule has 102 valence electrons. The summed E-state index contributed by atoms with van der Waals surface area (Å²) in [5, 5.41) is 2.77. The van der Waals surface area contributed by atoms with Gasteiger partial charge in [0.2, 0.25) is 0 Å². The van der Waals surface area contributed by atoms with Crippen molar-refractivity contribution in [3.8, 4) is 0 Å². The number of nitrogens with zero attached hydrogens (tertiary/aromatic N) is 1. The van der Waals surface area contributed by atoms with Gasteiger partial charge >= 0.3 is 0 Å². The van der Waals surface area contributed by atoms with Gasteiger partial charge in [0.05, 0.1) is 0 Å². The molecule has 1 aromatic heterocycles. The second kappa shape index (κ2) is 4.96. The Morgan fingerprint density at radius 3 is 2.70 bits per heavy atom. The normalized spacial score (nSPS) is 13.1. The quantitative estimate of drug-likeness (QED) is 0.907. The van der Waals surface area contributed by atoms with Crippen LogP contribution in [0.15, 0.2) is 41.2 Å². The molecule has 0 radical (unpaired) electrons. The van der Waals surface area contributed by atoms with Gasteiger partial charge in [-0.3, -0.25) is 9.59 Å². The number of carbonyl (C=O) groups is 1. The minimum absolute atomic E-state index is 0.219. The summed E-state index contributed by atoms with van der Waals surface area (Å²) < 4.78 is 1.61. The number of hydrogen-bond acceptors (Lipinski definition) is 2. The van der Waals surface area contributed by atoms with Gasteiger partial charge in [-0.25, -0.2) is 0 Å². The first kappa shape index (κ1) is 12.7. The molecule has 1 aliphatic carbocycles. The van der Waals surface area contributed by atoms with Crippen LogP contribution in [0.2, 0.25) is 0 Å². The predicted molar refractivity (Wildman–Crippen MR) is 78.1 cm³/mol. The van der Waals surface area contributed by atoms with Gasteiger partial charge in [-0.1, -0.05) is 18.2 Å². The maximum absolute atomic E-state index is 12.3. The zero-order chi connectivity index (χ0) is 14.1. The number of pyridine rings is 1. The summed E-state index contributed by atoms with van der Waals surface area (Å²) >= 11 is 0. The van der Waals surface area contributed by atoms with Gasteiger partial charge in [0.15, 0.2) is 0 Å². The van der Waals surface area contributed by atoms with Crippen molar-refractivity contribution in [3.63, 3.8) is 0 Å². The predicted octanol–water partition coefficient (Wildman–Crippen LogP) is 2.13. The minimum Gasteiger partial charge on any atom is -0.322 e. The van der Waals surface area contributed by atoms with E-state index in [4.69, 9.17) is 0 Å². The van der Waals surface area contributed by atoms with Crippen molar-refractivity contribution in [3.05, 3.63) is 63.6 Å². The Morgan fingerprint density at radius 2 is 1.95 bits per heavy atom. The fraction of sp³-hybridized carbons (Fsp3) is 0.250. The lowest BCUT2D eigenvalue weighted by atomic mass is 10.1. The fourth-order valence-corrected chi connectivity index (χ4v) is 2.71. The zero-order valence-corrected chi connectivity index (χ0v) is 11.3. The Hall–Kier alpha value is -2.36. The van der Waals surface area contributed by atoms with E-state index in [9.17, 15) is 9.59 Å². The van der Waals surface area contributed by atoms with Crippen molar-refractivity contribution in [2.75, 3.05) is 5.32 Å². The molecule has 1 heterocycles. The molecule has 1 aromatic carbocycles. The number of para-hydroxylation sites is 1. The molecule has 0 atom stereocenters. The smallest absolute Gasteiger partial charge is 0.263 e. The molecular formula is C16H16N2O2. The van der Waals surface area contributed by atoms with Gasteiger partial charge in [0.25, 0.3) is 11.5 Å². The third-order valence-electron chi connectivity index (χ3n) is 3.77. The van der Waals surface area contributed by atoms with Crippen LogP contribution in [-0.2, 0) is 19.9 Å². The average molecular weight is 268 g/mol. The molecule has 0 bridgehead atoms. The Kier molecular flexibility index (Phi) is 3.14. The number of rotatable bonds is 2. The highest BCUT2D eigenvalue weighted by molar-refractivity contribution is 6.04. The molecule has 4 nitrogen and oxygen atoms in total. The Bertz CT molecular complexity index is 717. The lowest BCUT2D eigenvalue weighted by Crippen LogP contribution is -2.29. The molecule has 4 heteroatoms. The maximum Gasteiger partial charge on any atom is 0.263 e. The van der Waals surface area contributed by atoms with Crippen LogP contribution in [0.3, 0.4) is 0 Å². The van der Waals surface area contributed by atoms with Crippen molar-refractivity contribution in [1.29, 1.82) is 0 Å². The average Bonchev–Trinajstić information content (AvgIpc) is 2.92. The van der Waals surface area contributed by atoms with Gasteiger partial charge < -0.3 is 9.88 Å². The second-order valence-corrected chi connectivity index (χ2v) is 5.07. The maximum atomic E-state index is 12.3. The summed E-state index contributed by atoms with van der Waals surface area (Å²) in [5.74, 6) is -0.341. The SMILES string of the molecule is Cn1c2c(cc(C(=O)Nc3ccccc3)c1=O)CCC2. The van der Waals surface area contributed by atoms with Crippen molar-refractivity contribution in [2.45, 2.75) is 19.3 Å². The van der Waals surface area contributed by atoms with Crippen LogP contribution >= 0.6 is 0 Å². The molecular weight excluding hydrogens is 252 g/mol. The van der Waals surface area contributed by atoms with Crippen molar-refractivity contribution in [1.82, 2.24) is 4.57 Å².